The van der Waals surface area contributed by atoms with E-state index in [1.54, 1.807) is 0 Å². The summed E-state index contributed by atoms with van der Waals surface area (Å²) in [4.78, 5) is 12.1. The third-order valence-corrected chi connectivity index (χ3v) is 3.55. The molecule has 1 aromatic carbocycles. The number of rotatable bonds is 4. The van der Waals surface area contributed by atoms with Gasteiger partial charge in [0.2, 0.25) is 5.91 Å². The first-order valence-electron chi connectivity index (χ1n) is 6.10. The summed E-state index contributed by atoms with van der Waals surface area (Å²) in [6.07, 6.45) is 2.14. The second kappa shape index (κ2) is 5.19. The Morgan fingerprint density at radius 2 is 2.11 bits per heavy atom. The minimum atomic E-state index is -0.873. The van der Waals surface area contributed by atoms with Crippen LogP contribution in [0.25, 0.3) is 0 Å². The number of amides is 1. The molecule has 1 fully saturated rings. The zero-order valence-corrected chi connectivity index (χ0v) is 10.1. The molecule has 18 heavy (non-hydrogen) atoms. The summed E-state index contributed by atoms with van der Waals surface area (Å²) < 4.78 is 0. The van der Waals surface area contributed by atoms with E-state index in [2.05, 4.69) is 11.4 Å². The average molecular weight is 244 g/mol. The molecule has 1 saturated carbocycles. The Balaban J connectivity index is 2.08. The van der Waals surface area contributed by atoms with E-state index in [9.17, 15) is 9.90 Å². The van der Waals surface area contributed by atoms with Crippen LogP contribution in [0.2, 0.25) is 0 Å². The standard InChI is InChI=1S/C14H16N2O2/c15-10-14(7-4-8-14)13(18)16-12(9-17)11-5-2-1-3-6-11/h1-3,5-6,12,17H,4,7-9H2,(H,16,18)/t12-/m0/s1. The lowest BCUT2D eigenvalue weighted by molar-refractivity contribution is -0.132. The van der Waals surface area contributed by atoms with E-state index in [0.29, 0.717) is 12.8 Å². The van der Waals surface area contributed by atoms with Crippen molar-refractivity contribution >= 4 is 5.91 Å². The van der Waals surface area contributed by atoms with Crippen LogP contribution in [-0.4, -0.2) is 17.6 Å². The van der Waals surface area contributed by atoms with E-state index >= 15 is 0 Å². The van der Waals surface area contributed by atoms with Crippen molar-refractivity contribution in [3.05, 3.63) is 35.9 Å². The molecule has 4 heteroatoms. The van der Waals surface area contributed by atoms with Gasteiger partial charge in [-0.1, -0.05) is 30.3 Å². The van der Waals surface area contributed by atoms with Crippen molar-refractivity contribution in [2.24, 2.45) is 5.41 Å². The molecule has 0 aromatic heterocycles. The van der Waals surface area contributed by atoms with Gasteiger partial charge < -0.3 is 10.4 Å². The second-order valence-electron chi connectivity index (χ2n) is 4.67. The summed E-state index contributed by atoms with van der Waals surface area (Å²) in [6.45, 7) is -0.169. The minimum absolute atomic E-state index is 0.169. The predicted octanol–water partition coefficient (Wildman–Crippen LogP) is 1.53. The molecule has 0 unspecified atom stereocenters. The molecule has 1 aromatic rings. The van der Waals surface area contributed by atoms with Crippen LogP contribution in [0.1, 0.15) is 30.9 Å². The van der Waals surface area contributed by atoms with Crippen molar-refractivity contribution in [1.29, 1.82) is 5.26 Å². The van der Waals surface area contributed by atoms with Crippen molar-refractivity contribution in [2.45, 2.75) is 25.3 Å². The third kappa shape index (κ3) is 2.22. The van der Waals surface area contributed by atoms with Gasteiger partial charge >= 0.3 is 0 Å². The summed E-state index contributed by atoms with van der Waals surface area (Å²) in [7, 11) is 0. The Morgan fingerprint density at radius 1 is 1.44 bits per heavy atom. The number of nitrogens with one attached hydrogen (secondary N) is 1. The summed E-state index contributed by atoms with van der Waals surface area (Å²) >= 11 is 0. The molecule has 0 radical (unpaired) electrons. The predicted molar refractivity (Wildman–Crippen MR) is 66.3 cm³/mol. The van der Waals surface area contributed by atoms with Crippen LogP contribution in [0.5, 0.6) is 0 Å². The highest BCUT2D eigenvalue weighted by atomic mass is 16.3. The normalized spacial score (nSPS) is 18.2. The van der Waals surface area contributed by atoms with Gasteiger partial charge in [-0.15, -0.1) is 0 Å². The fourth-order valence-corrected chi connectivity index (χ4v) is 2.14. The molecule has 94 valence electrons. The van der Waals surface area contributed by atoms with Crippen LogP contribution < -0.4 is 5.32 Å². The highest BCUT2D eigenvalue weighted by Gasteiger charge is 2.45. The van der Waals surface area contributed by atoms with Gasteiger partial charge in [0.05, 0.1) is 18.7 Å². The molecule has 1 amide bonds. The number of nitriles is 1. The number of nitrogens with zero attached hydrogens (tertiary/aromatic N) is 1. The van der Waals surface area contributed by atoms with Crippen molar-refractivity contribution in [3.63, 3.8) is 0 Å². The number of aliphatic hydroxyl groups excluding tert-OH is 1. The molecular formula is C14H16N2O2. The zero-order chi connectivity index (χ0) is 13.0. The fourth-order valence-electron chi connectivity index (χ4n) is 2.14. The van der Waals surface area contributed by atoms with Crippen molar-refractivity contribution in [1.82, 2.24) is 5.32 Å². The van der Waals surface area contributed by atoms with Gasteiger partial charge in [-0.2, -0.15) is 5.26 Å². The molecule has 2 N–H and O–H groups in total. The summed E-state index contributed by atoms with van der Waals surface area (Å²) in [5, 5.41) is 21.2. The highest BCUT2D eigenvalue weighted by Crippen LogP contribution is 2.40. The van der Waals surface area contributed by atoms with Crippen LogP contribution in [0.4, 0.5) is 0 Å². The smallest absolute Gasteiger partial charge is 0.241 e. The van der Waals surface area contributed by atoms with Gasteiger partial charge in [-0.25, -0.2) is 0 Å². The maximum Gasteiger partial charge on any atom is 0.241 e. The lowest BCUT2D eigenvalue weighted by Gasteiger charge is -2.34. The Morgan fingerprint density at radius 3 is 2.56 bits per heavy atom. The van der Waals surface area contributed by atoms with Gasteiger partial charge in [0.15, 0.2) is 0 Å². The fraction of sp³-hybridized carbons (Fsp3) is 0.429. The Hall–Kier alpha value is -1.86. The van der Waals surface area contributed by atoms with E-state index in [1.807, 2.05) is 30.3 Å². The summed E-state index contributed by atoms with van der Waals surface area (Å²) in [5.41, 5.74) is -0.0249. The summed E-state index contributed by atoms with van der Waals surface area (Å²) in [6, 6.07) is 10.9. The first-order chi connectivity index (χ1) is 8.72. The van der Waals surface area contributed by atoms with Crippen molar-refractivity contribution in [2.75, 3.05) is 6.61 Å². The topological polar surface area (TPSA) is 73.1 Å². The van der Waals surface area contributed by atoms with E-state index in [0.717, 1.165) is 12.0 Å². The number of carbonyl (C=O) groups is 1. The number of aliphatic hydroxyl groups is 1. The van der Waals surface area contributed by atoms with E-state index in [1.165, 1.54) is 0 Å². The zero-order valence-electron chi connectivity index (χ0n) is 10.1. The van der Waals surface area contributed by atoms with Crippen molar-refractivity contribution in [3.8, 4) is 6.07 Å². The molecule has 1 aliphatic carbocycles. The quantitative estimate of drug-likeness (QED) is 0.843. The Kier molecular flexibility index (Phi) is 3.63. The van der Waals surface area contributed by atoms with Crippen LogP contribution in [0.15, 0.2) is 30.3 Å². The molecule has 0 heterocycles. The Labute approximate surface area is 106 Å². The van der Waals surface area contributed by atoms with Crippen LogP contribution >= 0.6 is 0 Å². The number of hydrogen-bond acceptors (Lipinski definition) is 3. The Bertz CT molecular complexity index is 460. The van der Waals surface area contributed by atoms with Gasteiger partial charge in [0, 0.05) is 0 Å². The maximum atomic E-state index is 12.1. The third-order valence-electron chi connectivity index (χ3n) is 3.55. The molecule has 1 atom stereocenters. The number of carbonyl (C=O) groups excluding carboxylic acids is 1. The monoisotopic (exact) mass is 244 g/mol. The average Bonchev–Trinajstić information content (AvgIpc) is 2.36. The number of benzene rings is 1. The van der Waals surface area contributed by atoms with Crippen LogP contribution in [-0.2, 0) is 4.79 Å². The lowest BCUT2D eigenvalue weighted by atomic mass is 9.69. The van der Waals surface area contributed by atoms with Gasteiger partial charge in [0.1, 0.15) is 5.41 Å². The number of hydrogen-bond donors (Lipinski definition) is 2. The molecular weight excluding hydrogens is 228 g/mol. The molecule has 0 aliphatic heterocycles. The van der Waals surface area contributed by atoms with Gasteiger partial charge in [0.25, 0.3) is 0 Å². The molecule has 4 nitrogen and oxygen atoms in total. The molecule has 0 saturated heterocycles. The van der Waals surface area contributed by atoms with E-state index in [-0.39, 0.29) is 12.5 Å². The molecule has 0 bridgehead atoms. The first-order valence-corrected chi connectivity index (χ1v) is 6.10. The molecule has 1 aliphatic rings. The van der Waals surface area contributed by atoms with Crippen molar-refractivity contribution < 1.29 is 9.90 Å². The van der Waals surface area contributed by atoms with E-state index in [4.69, 9.17) is 5.26 Å². The maximum absolute atomic E-state index is 12.1. The summed E-state index contributed by atoms with van der Waals surface area (Å²) in [5.74, 6) is -0.265. The SMILES string of the molecule is N#CC1(C(=O)N[C@@H](CO)c2ccccc2)CCC1. The van der Waals surface area contributed by atoms with Gasteiger partial charge in [-0.3, -0.25) is 4.79 Å². The van der Waals surface area contributed by atoms with Crippen LogP contribution in [0.3, 0.4) is 0 Å². The molecule has 0 spiro atoms. The second-order valence-corrected chi connectivity index (χ2v) is 4.67. The van der Waals surface area contributed by atoms with Crippen LogP contribution in [0, 0.1) is 16.7 Å². The van der Waals surface area contributed by atoms with Gasteiger partial charge in [-0.05, 0) is 24.8 Å². The molecule has 2 rings (SSSR count). The first kappa shape index (κ1) is 12.6. The highest BCUT2D eigenvalue weighted by molar-refractivity contribution is 5.86. The lowest BCUT2D eigenvalue weighted by Crippen LogP contribution is -2.46. The minimum Gasteiger partial charge on any atom is -0.394 e. The van der Waals surface area contributed by atoms with E-state index < -0.39 is 11.5 Å². The largest absolute Gasteiger partial charge is 0.394 e.